The number of allylic oxidation sites excluding steroid dienone is 6. The van der Waals surface area contributed by atoms with Gasteiger partial charge in [-0.2, -0.15) is 0 Å². The number of anilines is 2. The van der Waals surface area contributed by atoms with Crippen molar-refractivity contribution in [3.8, 4) is 0 Å². The second-order valence-electron chi connectivity index (χ2n) is 13.9. The summed E-state index contributed by atoms with van der Waals surface area (Å²) in [6.45, 7) is 22.0. The largest absolute Gasteiger partial charge is 0.274 e. The van der Waals surface area contributed by atoms with E-state index in [2.05, 4.69) is 26.0 Å². The van der Waals surface area contributed by atoms with Crippen LogP contribution in [0.15, 0.2) is 72.9 Å². The SMILES string of the molecule is C/C=C\C=C/CCCCC(=O)N(C(=O)C(C)C(C)CC(C)/C=C/C(C)C1CC(=O)N(c2ccc(C)cc2C)C1=O)c1ccc(C)cc1C.CC. The van der Waals surface area contributed by atoms with Gasteiger partial charge in [0.2, 0.25) is 23.6 Å². The number of unbranched alkanes of at least 4 members (excludes halogenated alkanes) is 2. The fourth-order valence-corrected chi connectivity index (χ4v) is 6.56. The molecule has 6 nitrogen and oxygen atoms in total. The van der Waals surface area contributed by atoms with Crippen molar-refractivity contribution in [3.63, 3.8) is 0 Å². The van der Waals surface area contributed by atoms with Gasteiger partial charge in [-0.3, -0.25) is 29.0 Å². The van der Waals surface area contributed by atoms with E-state index in [1.807, 2.05) is 123 Å². The molecule has 1 fully saturated rings. The average molecular weight is 683 g/mol. The minimum absolute atomic E-state index is 0.0139. The molecule has 0 bridgehead atoms. The third-order valence-corrected chi connectivity index (χ3v) is 9.65. The topological polar surface area (TPSA) is 74.8 Å². The van der Waals surface area contributed by atoms with Crippen molar-refractivity contribution in [1.82, 2.24) is 0 Å². The summed E-state index contributed by atoms with van der Waals surface area (Å²) in [5, 5.41) is 0. The van der Waals surface area contributed by atoms with Gasteiger partial charge in [0.1, 0.15) is 0 Å². The monoisotopic (exact) mass is 682 g/mol. The lowest BCUT2D eigenvalue weighted by atomic mass is 9.85. The summed E-state index contributed by atoms with van der Waals surface area (Å²) in [4.78, 5) is 56.8. The lowest BCUT2D eigenvalue weighted by Gasteiger charge is -2.29. The second-order valence-corrected chi connectivity index (χ2v) is 13.9. The summed E-state index contributed by atoms with van der Waals surface area (Å²) in [5.74, 6) is -1.35. The van der Waals surface area contributed by atoms with Gasteiger partial charge in [-0.1, -0.05) is 113 Å². The molecule has 0 aromatic heterocycles. The van der Waals surface area contributed by atoms with Crippen LogP contribution in [0.1, 0.15) is 109 Å². The molecule has 4 amide bonds. The first-order valence-corrected chi connectivity index (χ1v) is 18.6. The van der Waals surface area contributed by atoms with Crippen molar-refractivity contribution in [2.45, 2.75) is 115 Å². The molecule has 0 spiro atoms. The Balaban J connectivity index is 0.00000425. The zero-order chi connectivity index (χ0) is 37.5. The number of carbonyl (C=O) groups excluding carboxylic acids is 4. The number of amides is 4. The minimum Gasteiger partial charge on any atom is -0.274 e. The molecule has 0 radical (unpaired) electrons. The molecule has 1 aliphatic rings. The van der Waals surface area contributed by atoms with Gasteiger partial charge in [-0.15, -0.1) is 0 Å². The summed E-state index contributed by atoms with van der Waals surface area (Å²) in [7, 11) is 0. The van der Waals surface area contributed by atoms with Crippen molar-refractivity contribution in [3.05, 3.63) is 95.1 Å². The van der Waals surface area contributed by atoms with Crippen LogP contribution in [-0.4, -0.2) is 23.6 Å². The van der Waals surface area contributed by atoms with Crippen LogP contribution in [0, 0.1) is 57.3 Å². The molecule has 2 aromatic rings. The van der Waals surface area contributed by atoms with Crippen molar-refractivity contribution in [1.29, 1.82) is 0 Å². The number of benzene rings is 2. The summed E-state index contributed by atoms with van der Waals surface area (Å²) in [6, 6.07) is 11.6. The Morgan fingerprint density at radius 2 is 1.52 bits per heavy atom. The highest BCUT2D eigenvalue weighted by molar-refractivity contribution is 6.21. The Kier molecular flexibility index (Phi) is 17.3. The minimum atomic E-state index is -0.402. The van der Waals surface area contributed by atoms with Gasteiger partial charge in [0, 0.05) is 18.8 Å². The van der Waals surface area contributed by atoms with Crippen molar-refractivity contribution in [2.75, 3.05) is 9.80 Å². The maximum Gasteiger partial charge on any atom is 0.237 e. The average Bonchev–Trinajstić information content (AvgIpc) is 3.37. The first kappa shape index (κ1) is 42.1. The van der Waals surface area contributed by atoms with Gasteiger partial charge in [0.25, 0.3) is 0 Å². The molecule has 6 heteroatoms. The van der Waals surface area contributed by atoms with Crippen molar-refractivity contribution in [2.24, 2.45) is 29.6 Å². The van der Waals surface area contributed by atoms with Crippen molar-refractivity contribution >= 4 is 35.0 Å². The van der Waals surface area contributed by atoms with Crippen LogP contribution in [-0.2, 0) is 19.2 Å². The molecule has 0 aliphatic carbocycles. The van der Waals surface area contributed by atoms with Gasteiger partial charge in [-0.25, -0.2) is 0 Å². The molecule has 0 saturated carbocycles. The number of imide groups is 2. The summed E-state index contributed by atoms with van der Waals surface area (Å²) in [6.07, 6.45) is 16.0. The second kappa shape index (κ2) is 20.6. The van der Waals surface area contributed by atoms with E-state index in [1.165, 1.54) is 9.80 Å². The lowest BCUT2D eigenvalue weighted by Crippen LogP contribution is -2.42. The Hall–Kier alpha value is -4.06. The van der Waals surface area contributed by atoms with E-state index in [0.29, 0.717) is 17.8 Å². The van der Waals surface area contributed by atoms with Crippen LogP contribution in [0.25, 0.3) is 0 Å². The first-order valence-electron chi connectivity index (χ1n) is 18.6. The van der Waals surface area contributed by atoms with E-state index < -0.39 is 5.92 Å². The van der Waals surface area contributed by atoms with E-state index in [1.54, 1.807) is 0 Å². The van der Waals surface area contributed by atoms with E-state index >= 15 is 0 Å². The molecular weight excluding hydrogens is 620 g/mol. The van der Waals surface area contributed by atoms with E-state index in [4.69, 9.17) is 0 Å². The number of carbonyl (C=O) groups is 4. The summed E-state index contributed by atoms with van der Waals surface area (Å²) >= 11 is 0. The number of aryl methyl sites for hydroxylation is 4. The Labute approximate surface area is 302 Å². The van der Waals surface area contributed by atoms with Crippen LogP contribution in [0.5, 0.6) is 0 Å². The number of rotatable bonds is 15. The molecule has 272 valence electrons. The third-order valence-electron chi connectivity index (χ3n) is 9.65. The van der Waals surface area contributed by atoms with Crippen LogP contribution in [0.2, 0.25) is 0 Å². The molecule has 5 atom stereocenters. The Morgan fingerprint density at radius 3 is 2.14 bits per heavy atom. The predicted octanol–water partition coefficient (Wildman–Crippen LogP) is 10.6. The smallest absolute Gasteiger partial charge is 0.237 e. The number of hydrogen-bond acceptors (Lipinski definition) is 4. The van der Waals surface area contributed by atoms with Gasteiger partial charge in [0.15, 0.2) is 0 Å². The quantitative estimate of drug-likeness (QED) is 0.0811. The van der Waals surface area contributed by atoms with Crippen LogP contribution < -0.4 is 9.80 Å². The van der Waals surface area contributed by atoms with Gasteiger partial charge < -0.3 is 0 Å². The van der Waals surface area contributed by atoms with Crippen LogP contribution >= 0.6 is 0 Å². The number of hydrogen-bond donors (Lipinski definition) is 0. The molecule has 5 unspecified atom stereocenters. The van der Waals surface area contributed by atoms with E-state index in [0.717, 1.165) is 47.9 Å². The normalized spacial score (nSPS) is 17.3. The molecule has 1 heterocycles. The molecule has 3 rings (SSSR count). The molecule has 50 heavy (non-hydrogen) atoms. The zero-order valence-electron chi connectivity index (χ0n) is 32.6. The molecule has 2 aromatic carbocycles. The van der Waals surface area contributed by atoms with E-state index in [-0.39, 0.29) is 53.7 Å². The highest BCUT2D eigenvalue weighted by Gasteiger charge is 2.42. The van der Waals surface area contributed by atoms with Crippen LogP contribution in [0.4, 0.5) is 11.4 Å². The van der Waals surface area contributed by atoms with Gasteiger partial charge in [0.05, 0.1) is 17.3 Å². The molecule has 1 saturated heterocycles. The Bertz CT molecular complexity index is 1550. The standard InChI is InChI=1S/C42H56N2O4.C2H6/c1-10-11-12-13-14-15-16-17-39(45)43(37-22-19-29(3)25-33(37)7)41(47)35(9)32(6)24-28(2)18-21-31(5)36-27-40(46)44(42(36)48)38-23-20-30(4)26-34(38)8;1-2/h10-13,18-23,25-26,28,31-32,35-36H,14-17,24,27H2,1-9H3;1-2H3/b11-10-,13-12-,21-18+;. The molecule has 0 N–H and O–H groups in total. The maximum absolute atomic E-state index is 14.0. The van der Waals surface area contributed by atoms with Gasteiger partial charge >= 0.3 is 0 Å². The van der Waals surface area contributed by atoms with E-state index in [9.17, 15) is 19.2 Å². The molecular formula is C44H62N2O4. The van der Waals surface area contributed by atoms with Gasteiger partial charge in [-0.05, 0) is 101 Å². The van der Waals surface area contributed by atoms with Crippen LogP contribution in [0.3, 0.4) is 0 Å². The fourth-order valence-electron chi connectivity index (χ4n) is 6.56. The highest BCUT2D eigenvalue weighted by Crippen LogP contribution is 2.34. The first-order chi connectivity index (χ1) is 23.8. The fraction of sp³-hybridized carbons (Fsp3) is 0.500. The highest BCUT2D eigenvalue weighted by atomic mass is 16.2. The Morgan fingerprint density at radius 1 is 0.880 bits per heavy atom. The van der Waals surface area contributed by atoms with Crippen molar-refractivity contribution < 1.29 is 19.2 Å². The predicted molar refractivity (Wildman–Crippen MR) is 209 cm³/mol. The summed E-state index contributed by atoms with van der Waals surface area (Å²) in [5.41, 5.74) is 5.33. The number of nitrogens with zero attached hydrogens (tertiary/aromatic N) is 2. The third kappa shape index (κ3) is 11.5. The molecule has 1 aliphatic heterocycles. The zero-order valence-corrected chi connectivity index (χ0v) is 32.6. The lowest BCUT2D eigenvalue weighted by molar-refractivity contribution is -0.130. The maximum atomic E-state index is 14.0. The summed E-state index contributed by atoms with van der Waals surface area (Å²) < 4.78 is 0.